The summed E-state index contributed by atoms with van der Waals surface area (Å²) < 4.78 is 79.4. The van der Waals surface area contributed by atoms with Crippen LogP contribution in [0.1, 0.15) is 22.3 Å². The third-order valence-electron chi connectivity index (χ3n) is 9.09. The number of hydrogen-bond acceptors (Lipinski definition) is 8. The van der Waals surface area contributed by atoms with Crippen LogP contribution in [0, 0.1) is 0 Å². The van der Waals surface area contributed by atoms with Gasteiger partial charge in [0, 0.05) is 0 Å². The summed E-state index contributed by atoms with van der Waals surface area (Å²) in [7, 11) is 0. The first kappa shape index (κ1) is 29.9. The predicted molar refractivity (Wildman–Crippen MR) is 178 cm³/mol. The summed E-state index contributed by atoms with van der Waals surface area (Å²) in [5.74, 6) is -7.53. The first-order chi connectivity index (χ1) is 24.6. The second-order valence-corrected chi connectivity index (χ2v) is 16.0. The van der Waals surface area contributed by atoms with Crippen molar-refractivity contribution in [1.29, 1.82) is 0 Å². The average Bonchev–Trinajstić information content (AvgIpc) is 3.83. The second kappa shape index (κ2) is 10.3. The molecule has 6 heterocycles. The predicted octanol–water partition coefficient (Wildman–Crippen LogP) is 5.66. The summed E-state index contributed by atoms with van der Waals surface area (Å²) in [5.41, 5.74) is 2.65. The van der Waals surface area contributed by atoms with E-state index in [0.29, 0.717) is 43.8 Å². The van der Waals surface area contributed by atoms with Gasteiger partial charge in [0.05, 0.1) is 0 Å². The van der Waals surface area contributed by atoms with Crippen LogP contribution in [-0.4, -0.2) is 65.0 Å². The first-order valence-corrected chi connectivity index (χ1v) is 18.6. The van der Waals surface area contributed by atoms with Crippen LogP contribution < -0.4 is 11.0 Å². The Hall–Kier alpha value is -6.00. The second-order valence-electron chi connectivity index (χ2n) is 12.0. The molecule has 4 aliphatic rings. The van der Waals surface area contributed by atoms with Crippen molar-refractivity contribution >= 4 is 79.6 Å². The number of nitrogens with zero attached hydrogens (tertiary/aromatic N) is 8. The molecule has 2 aromatic heterocycles. The van der Waals surface area contributed by atoms with E-state index in [1.807, 2.05) is 0 Å². The topological polar surface area (TPSA) is 110 Å². The molecule has 16 heteroatoms. The molecule has 10 rings (SSSR count). The van der Waals surface area contributed by atoms with Crippen LogP contribution in [0.15, 0.2) is 127 Å². The number of alkyl halides is 5. The number of benzene rings is 4. The molecule has 4 aliphatic heterocycles. The molecule has 246 valence electrons. The fourth-order valence-electron chi connectivity index (χ4n) is 6.78. The number of aliphatic imine (C=N–C) groups is 4. The molecule has 6 aromatic rings. The van der Waals surface area contributed by atoms with E-state index in [-0.39, 0.29) is 46.0 Å². The fraction of sp³-hybridized carbons (Fsp3) is 0.0571. The molecule has 0 saturated heterocycles. The van der Waals surface area contributed by atoms with Crippen LogP contribution in [-0.2, 0) is 8.32 Å². The number of fused-ring (bicyclic) bond motifs is 14. The van der Waals surface area contributed by atoms with Crippen LogP contribution in [0.5, 0.6) is 0 Å². The van der Waals surface area contributed by atoms with Gasteiger partial charge in [0.1, 0.15) is 0 Å². The molecular formula is C35H16F5GaN8O2. The normalized spacial score (nSPS) is 15.6. The Morgan fingerprint density at radius 2 is 0.882 bits per heavy atom. The third-order valence-corrected chi connectivity index (χ3v) is 13.9. The molecule has 0 unspecified atom stereocenters. The molecule has 6 bridgehead atoms. The molecule has 0 radical (unpaired) electrons. The van der Waals surface area contributed by atoms with Gasteiger partial charge in [0.15, 0.2) is 0 Å². The molecular weight excluding hydrogens is 729 g/mol. The number of rotatable bonds is 2. The minimum absolute atomic E-state index is 0.0977. The standard InChI is InChI=1S/C32H16N8.C3HF5O2.Ga/c1-2-10-18-17(9-1)25-33-26(18)38-28-21-13-5-6-14-22(21)30(35-28)40-32-24-16-8-7-15-23(24)31(36-32)39-29-20-12-4-3-11-19(20)27(34-29)37-25;4-2(5,1(9)10)3(6,7)8;/h1-16H;(H,9,10);/q-2;;+3/p-1. The minimum atomic E-state index is -6.23. The van der Waals surface area contributed by atoms with E-state index in [9.17, 15) is 26.7 Å². The molecule has 0 fully saturated rings. The summed E-state index contributed by atoms with van der Waals surface area (Å²) >= 11 is -5.03. The van der Waals surface area contributed by atoms with Gasteiger partial charge < -0.3 is 0 Å². The van der Waals surface area contributed by atoms with Gasteiger partial charge in [-0.1, -0.05) is 0 Å². The molecule has 10 nitrogen and oxygen atoms in total. The number of carbonyl (C=O) groups is 1. The molecule has 0 atom stereocenters. The maximum atomic E-state index is 14.9. The summed E-state index contributed by atoms with van der Waals surface area (Å²) in [6.07, 6.45) is -6.23. The van der Waals surface area contributed by atoms with Gasteiger partial charge in [-0.2, -0.15) is 0 Å². The summed E-state index contributed by atoms with van der Waals surface area (Å²) in [6.45, 7) is 0. The third kappa shape index (κ3) is 4.13. The zero-order valence-electron chi connectivity index (χ0n) is 25.6. The van der Waals surface area contributed by atoms with Gasteiger partial charge in [0.25, 0.3) is 0 Å². The Kier molecular flexibility index (Phi) is 6.02. The van der Waals surface area contributed by atoms with E-state index in [1.54, 1.807) is 97.1 Å². The fourth-order valence-corrected chi connectivity index (χ4v) is 11.8. The Labute approximate surface area is 288 Å². The Morgan fingerprint density at radius 1 is 0.510 bits per heavy atom. The molecule has 0 saturated carbocycles. The van der Waals surface area contributed by atoms with E-state index >= 15 is 0 Å². The van der Waals surface area contributed by atoms with Crippen molar-refractivity contribution in [3.05, 3.63) is 130 Å². The van der Waals surface area contributed by atoms with Gasteiger partial charge in [0.2, 0.25) is 0 Å². The molecule has 4 aromatic carbocycles. The summed E-state index contributed by atoms with van der Waals surface area (Å²) in [6, 6.07) is 28.2. The van der Waals surface area contributed by atoms with Crippen LogP contribution in [0.3, 0.4) is 0 Å². The van der Waals surface area contributed by atoms with Crippen molar-refractivity contribution in [3.63, 3.8) is 0 Å². The molecule has 0 spiro atoms. The monoisotopic (exact) mass is 744 g/mol. The number of hydrogen-bond donors (Lipinski definition) is 0. The van der Waals surface area contributed by atoms with Crippen molar-refractivity contribution in [2.24, 2.45) is 30.0 Å². The van der Waals surface area contributed by atoms with E-state index in [1.165, 1.54) is 6.55 Å². The van der Waals surface area contributed by atoms with Gasteiger partial charge in [-0.25, -0.2) is 0 Å². The quantitative estimate of drug-likeness (QED) is 0.169. The Bertz CT molecular complexity index is 2680. The van der Waals surface area contributed by atoms with Crippen molar-refractivity contribution in [2.75, 3.05) is 0 Å². The van der Waals surface area contributed by atoms with Crippen LogP contribution >= 0.6 is 0 Å². The Morgan fingerprint density at radius 3 is 1.29 bits per heavy atom. The van der Waals surface area contributed by atoms with E-state index in [2.05, 4.69) is 0 Å². The average molecular weight is 745 g/mol. The van der Waals surface area contributed by atoms with Gasteiger partial charge >= 0.3 is 289 Å². The number of halogens is 5. The maximum absolute atomic E-state index is 14.9. The number of aromatic nitrogens is 2. The van der Waals surface area contributed by atoms with Crippen molar-refractivity contribution in [3.8, 4) is 0 Å². The van der Waals surface area contributed by atoms with Crippen molar-refractivity contribution < 1.29 is 30.3 Å². The zero-order valence-corrected chi connectivity index (χ0v) is 28.0. The first-order valence-electron chi connectivity index (χ1n) is 15.5. The molecule has 51 heavy (non-hydrogen) atoms. The molecule has 0 aliphatic carbocycles. The number of carbonyl (C=O) groups excluding carboxylic acids is 1. The van der Waals surface area contributed by atoms with Gasteiger partial charge in [-0.05, 0) is 0 Å². The van der Waals surface area contributed by atoms with E-state index < -0.39 is 35.1 Å². The van der Waals surface area contributed by atoms with Gasteiger partial charge in [-0.15, -0.1) is 0 Å². The summed E-state index contributed by atoms with van der Waals surface area (Å²) in [4.78, 5) is 42.6. The van der Waals surface area contributed by atoms with Crippen LogP contribution in [0.4, 0.5) is 33.6 Å². The Balaban J connectivity index is 1.45. The molecule has 0 N–H and O–H groups in total. The van der Waals surface area contributed by atoms with Crippen LogP contribution in [0.2, 0.25) is 0 Å². The zero-order chi connectivity index (χ0) is 34.8. The molecule has 0 amide bonds. The number of amidine groups is 4. The van der Waals surface area contributed by atoms with Crippen molar-refractivity contribution in [2.45, 2.75) is 12.1 Å². The van der Waals surface area contributed by atoms with E-state index in [0.717, 1.165) is 0 Å². The summed E-state index contributed by atoms with van der Waals surface area (Å²) in [5, 5.41) is 1.85. The van der Waals surface area contributed by atoms with Crippen molar-refractivity contribution in [1.82, 2.24) is 6.55 Å². The van der Waals surface area contributed by atoms with E-state index in [4.69, 9.17) is 33.5 Å². The SMILES string of the molecule is O=C([O][Ga]1[n]2c3c4ccccc4c2N=C2N=C(N=c4c5ccccc5c([n]41)=NC1=NC(=N3)c3ccccc31)c1ccccc12)C(F)(F)C(F)(F)F. The van der Waals surface area contributed by atoms with Crippen LogP contribution in [0.25, 0.3) is 21.5 Å². The van der Waals surface area contributed by atoms with Gasteiger partial charge in [-0.3, -0.25) is 0 Å².